The number of aliphatic hydroxyl groups excluding tert-OH is 1. The molecule has 132 valence electrons. The summed E-state index contributed by atoms with van der Waals surface area (Å²) >= 11 is 0. The molecule has 2 aromatic carbocycles. The maximum absolute atomic E-state index is 13.3. The number of halogens is 2. The molecule has 1 amide bonds. The summed E-state index contributed by atoms with van der Waals surface area (Å²) in [5.41, 5.74) is 0.881. The van der Waals surface area contributed by atoms with Crippen LogP contribution in [0.1, 0.15) is 22.0 Å². The molecular formula is C19H20F2N2O2. The Morgan fingerprint density at radius 2 is 1.60 bits per heavy atom. The number of piperazine rings is 1. The van der Waals surface area contributed by atoms with Crippen molar-refractivity contribution in [3.8, 4) is 0 Å². The molecule has 0 bridgehead atoms. The van der Waals surface area contributed by atoms with Gasteiger partial charge in [-0.1, -0.05) is 30.3 Å². The number of nitrogens with zero attached hydrogens (tertiary/aromatic N) is 2. The van der Waals surface area contributed by atoms with E-state index in [0.29, 0.717) is 32.7 Å². The zero-order valence-corrected chi connectivity index (χ0v) is 13.7. The molecule has 0 aromatic heterocycles. The van der Waals surface area contributed by atoms with Crippen LogP contribution in [0.5, 0.6) is 0 Å². The summed E-state index contributed by atoms with van der Waals surface area (Å²) in [6.45, 7) is 2.61. The minimum Gasteiger partial charge on any atom is -0.387 e. The zero-order valence-electron chi connectivity index (χ0n) is 13.7. The van der Waals surface area contributed by atoms with Gasteiger partial charge in [-0.2, -0.15) is 0 Å². The summed E-state index contributed by atoms with van der Waals surface area (Å²) in [6, 6.07) is 12.3. The Labute approximate surface area is 145 Å². The summed E-state index contributed by atoms with van der Waals surface area (Å²) in [6.07, 6.45) is -0.583. The van der Waals surface area contributed by atoms with E-state index < -0.39 is 17.7 Å². The van der Waals surface area contributed by atoms with Crippen LogP contribution in [0.3, 0.4) is 0 Å². The van der Waals surface area contributed by atoms with Gasteiger partial charge in [-0.25, -0.2) is 8.78 Å². The van der Waals surface area contributed by atoms with Crippen molar-refractivity contribution in [2.45, 2.75) is 6.10 Å². The molecule has 0 aliphatic carbocycles. The standard InChI is InChI=1S/C19H20F2N2O2/c20-16-10-15(11-17(21)12-16)19(25)23-8-6-22(7-9-23)13-18(24)14-4-2-1-3-5-14/h1-5,10-12,18,24H,6-9,13H2/t18-/m0/s1. The quantitative estimate of drug-likeness (QED) is 0.925. The van der Waals surface area contributed by atoms with Crippen LogP contribution in [0.2, 0.25) is 0 Å². The first-order valence-corrected chi connectivity index (χ1v) is 8.23. The Morgan fingerprint density at radius 1 is 1.00 bits per heavy atom. The zero-order chi connectivity index (χ0) is 17.8. The van der Waals surface area contributed by atoms with Gasteiger partial charge in [0.05, 0.1) is 6.10 Å². The highest BCUT2D eigenvalue weighted by molar-refractivity contribution is 5.94. The van der Waals surface area contributed by atoms with Crippen LogP contribution in [-0.2, 0) is 0 Å². The Kier molecular flexibility index (Phi) is 5.40. The SMILES string of the molecule is O=C(c1cc(F)cc(F)c1)N1CCN(C[C@H](O)c2ccccc2)CC1. The number of carbonyl (C=O) groups excluding carboxylic acids is 1. The van der Waals surface area contributed by atoms with Gasteiger partial charge in [-0.05, 0) is 17.7 Å². The average Bonchev–Trinajstić information content (AvgIpc) is 2.61. The average molecular weight is 346 g/mol. The molecule has 0 saturated carbocycles. The molecule has 1 heterocycles. The van der Waals surface area contributed by atoms with Crippen molar-refractivity contribution in [3.63, 3.8) is 0 Å². The molecule has 1 aliphatic rings. The summed E-state index contributed by atoms with van der Waals surface area (Å²) in [7, 11) is 0. The van der Waals surface area contributed by atoms with E-state index in [4.69, 9.17) is 0 Å². The van der Waals surface area contributed by atoms with E-state index in [2.05, 4.69) is 4.90 Å². The molecule has 1 N–H and O–H groups in total. The van der Waals surface area contributed by atoms with Gasteiger partial charge in [0.2, 0.25) is 0 Å². The number of hydrogen-bond acceptors (Lipinski definition) is 3. The van der Waals surface area contributed by atoms with E-state index in [1.54, 1.807) is 4.90 Å². The van der Waals surface area contributed by atoms with Gasteiger partial charge in [0.15, 0.2) is 0 Å². The maximum atomic E-state index is 13.3. The third-order valence-electron chi connectivity index (χ3n) is 4.38. The molecule has 1 aliphatic heterocycles. The lowest BCUT2D eigenvalue weighted by atomic mass is 10.1. The van der Waals surface area contributed by atoms with Crippen molar-refractivity contribution in [3.05, 3.63) is 71.3 Å². The predicted molar refractivity (Wildman–Crippen MR) is 90.1 cm³/mol. The van der Waals surface area contributed by atoms with Gasteiger partial charge in [-0.3, -0.25) is 9.69 Å². The van der Waals surface area contributed by atoms with E-state index in [1.165, 1.54) is 0 Å². The smallest absolute Gasteiger partial charge is 0.254 e. The monoisotopic (exact) mass is 346 g/mol. The van der Waals surface area contributed by atoms with E-state index in [-0.39, 0.29) is 11.5 Å². The van der Waals surface area contributed by atoms with Crippen molar-refractivity contribution in [1.29, 1.82) is 0 Å². The first kappa shape index (κ1) is 17.5. The second kappa shape index (κ2) is 7.72. The fourth-order valence-electron chi connectivity index (χ4n) is 3.02. The molecule has 1 saturated heterocycles. The van der Waals surface area contributed by atoms with Gasteiger partial charge in [0.25, 0.3) is 5.91 Å². The first-order chi connectivity index (χ1) is 12.0. The van der Waals surface area contributed by atoms with Crippen LogP contribution < -0.4 is 0 Å². The Bertz CT molecular complexity index is 711. The van der Waals surface area contributed by atoms with Crippen molar-refractivity contribution >= 4 is 5.91 Å². The number of carbonyl (C=O) groups is 1. The van der Waals surface area contributed by atoms with Crippen molar-refractivity contribution in [2.24, 2.45) is 0 Å². The van der Waals surface area contributed by atoms with Crippen LogP contribution >= 0.6 is 0 Å². The molecule has 4 nitrogen and oxygen atoms in total. The molecular weight excluding hydrogens is 326 g/mol. The lowest BCUT2D eigenvalue weighted by Crippen LogP contribution is -2.49. The predicted octanol–water partition coefficient (Wildman–Crippen LogP) is 2.46. The number of aliphatic hydroxyl groups is 1. The Balaban J connectivity index is 1.55. The van der Waals surface area contributed by atoms with E-state index in [1.807, 2.05) is 30.3 Å². The molecule has 0 radical (unpaired) electrons. The molecule has 2 aromatic rings. The van der Waals surface area contributed by atoms with Crippen LogP contribution in [0.4, 0.5) is 8.78 Å². The minimum absolute atomic E-state index is 0.0234. The molecule has 1 atom stereocenters. The Hall–Kier alpha value is -2.31. The number of hydrogen-bond donors (Lipinski definition) is 1. The van der Waals surface area contributed by atoms with Crippen molar-refractivity contribution in [2.75, 3.05) is 32.7 Å². The molecule has 1 fully saturated rings. The highest BCUT2D eigenvalue weighted by Crippen LogP contribution is 2.16. The maximum Gasteiger partial charge on any atom is 0.254 e. The lowest BCUT2D eigenvalue weighted by molar-refractivity contribution is 0.0527. The third kappa shape index (κ3) is 4.41. The third-order valence-corrected chi connectivity index (χ3v) is 4.38. The second-order valence-electron chi connectivity index (χ2n) is 6.18. The summed E-state index contributed by atoms with van der Waals surface area (Å²) < 4.78 is 26.6. The molecule has 25 heavy (non-hydrogen) atoms. The Morgan fingerprint density at radius 3 is 2.20 bits per heavy atom. The fraction of sp³-hybridized carbons (Fsp3) is 0.316. The second-order valence-corrected chi connectivity index (χ2v) is 6.18. The number of rotatable bonds is 4. The summed E-state index contributed by atoms with van der Waals surface area (Å²) in [4.78, 5) is 16.0. The highest BCUT2D eigenvalue weighted by Gasteiger charge is 2.24. The fourth-order valence-corrected chi connectivity index (χ4v) is 3.02. The summed E-state index contributed by atoms with van der Waals surface area (Å²) in [5, 5.41) is 10.3. The molecule has 0 spiro atoms. The van der Waals surface area contributed by atoms with E-state index in [9.17, 15) is 18.7 Å². The minimum atomic E-state index is -0.757. The highest BCUT2D eigenvalue weighted by atomic mass is 19.1. The largest absolute Gasteiger partial charge is 0.387 e. The van der Waals surface area contributed by atoms with Crippen LogP contribution in [-0.4, -0.2) is 53.5 Å². The molecule has 3 rings (SSSR count). The van der Waals surface area contributed by atoms with Crippen LogP contribution in [0.25, 0.3) is 0 Å². The topological polar surface area (TPSA) is 43.8 Å². The normalized spacial score (nSPS) is 16.7. The molecule has 6 heteroatoms. The van der Waals surface area contributed by atoms with Crippen LogP contribution in [0, 0.1) is 11.6 Å². The summed E-state index contributed by atoms with van der Waals surface area (Å²) in [5.74, 6) is -1.89. The van der Waals surface area contributed by atoms with Gasteiger partial charge in [0, 0.05) is 44.4 Å². The van der Waals surface area contributed by atoms with Crippen molar-refractivity contribution in [1.82, 2.24) is 9.80 Å². The van der Waals surface area contributed by atoms with Gasteiger partial charge < -0.3 is 10.0 Å². The first-order valence-electron chi connectivity index (χ1n) is 8.23. The number of amides is 1. The van der Waals surface area contributed by atoms with E-state index in [0.717, 1.165) is 23.8 Å². The van der Waals surface area contributed by atoms with E-state index >= 15 is 0 Å². The van der Waals surface area contributed by atoms with Gasteiger partial charge in [-0.15, -0.1) is 0 Å². The number of β-amino-alcohol motifs (C(OH)–C–C–N with tert-alkyl or cyclic N) is 1. The molecule has 0 unspecified atom stereocenters. The van der Waals surface area contributed by atoms with Gasteiger partial charge >= 0.3 is 0 Å². The van der Waals surface area contributed by atoms with Crippen LogP contribution in [0.15, 0.2) is 48.5 Å². The number of benzene rings is 2. The van der Waals surface area contributed by atoms with Crippen molar-refractivity contribution < 1.29 is 18.7 Å². The van der Waals surface area contributed by atoms with Gasteiger partial charge in [0.1, 0.15) is 11.6 Å². The lowest BCUT2D eigenvalue weighted by Gasteiger charge is -2.35.